The highest BCUT2D eigenvalue weighted by atomic mass is 32.2. The lowest BCUT2D eigenvalue weighted by Gasteiger charge is -2.32. The van der Waals surface area contributed by atoms with E-state index >= 15 is 0 Å². The summed E-state index contributed by atoms with van der Waals surface area (Å²) in [6.45, 7) is 4.49. The van der Waals surface area contributed by atoms with Crippen LogP contribution in [0.4, 0.5) is 5.69 Å². The predicted molar refractivity (Wildman–Crippen MR) is 97.8 cm³/mol. The molecule has 0 aliphatic carbocycles. The van der Waals surface area contributed by atoms with Gasteiger partial charge in [0, 0.05) is 24.5 Å². The summed E-state index contributed by atoms with van der Waals surface area (Å²) in [5.74, 6) is -0.0229. The number of piperidine rings is 1. The Morgan fingerprint density at radius 3 is 2.84 bits per heavy atom. The minimum Gasteiger partial charge on any atom is -0.374 e. The number of carbonyl (C=O) groups excluding carboxylic acids is 1. The SMILES string of the molecule is C=CS(=O)(=O)NC1CCN(C(=O)CNc2cccc3nsnc23)CC1. The molecular formula is C15H19N5O3S2. The topological polar surface area (TPSA) is 104 Å². The van der Waals surface area contributed by atoms with Crippen molar-refractivity contribution in [3.63, 3.8) is 0 Å². The van der Waals surface area contributed by atoms with Crippen molar-refractivity contribution < 1.29 is 13.2 Å². The number of nitrogens with one attached hydrogen (secondary N) is 2. The summed E-state index contributed by atoms with van der Waals surface area (Å²) in [6.07, 6.45) is 1.18. The van der Waals surface area contributed by atoms with Crippen molar-refractivity contribution in [3.05, 3.63) is 30.2 Å². The molecule has 2 heterocycles. The van der Waals surface area contributed by atoms with Crippen molar-refractivity contribution >= 4 is 44.4 Å². The summed E-state index contributed by atoms with van der Waals surface area (Å²) in [4.78, 5) is 14.1. The second-order valence-corrected chi connectivity index (χ2v) is 7.96. The summed E-state index contributed by atoms with van der Waals surface area (Å²) in [5.41, 5.74) is 2.35. The zero-order chi connectivity index (χ0) is 17.9. The molecular weight excluding hydrogens is 362 g/mol. The van der Waals surface area contributed by atoms with Crippen LogP contribution in [0.1, 0.15) is 12.8 Å². The number of fused-ring (bicyclic) bond motifs is 1. The normalized spacial score (nSPS) is 16.1. The predicted octanol–water partition coefficient (Wildman–Crippen LogP) is 1.16. The summed E-state index contributed by atoms with van der Waals surface area (Å²) in [6, 6.07) is 5.46. The van der Waals surface area contributed by atoms with Crippen LogP contribution in [0.2, 0.25) is 0 Å². The highest BCUT2D eigenvalue weighted by Gasteiger charge is 2.24. The molecule has 1 fully saturated rings. The number of hydrogen-bond donors (Lipinski definition) is 2. The Kier molecular flexibility index (Phi) is 5.30. The number of sulfonamides is 1. The van der Waals surface area contributed by atoms with Gasteiger partial charge in [-0.3, -0.25) is 4.79 Å². The van der Waals surface area contributed by atoms with Gasteiger partial charge in [-0.05, 0) is 25.0 Å². The minimum atomic E-state index is -3.43. The van der Waals surface area contributed by atoms with E-state index in [9.17, 15) is 13.2 Å². The maximum atomic E-state index is 12.4. The van der Waals surface area contributed by atoms with Crippen LogP contribution < -0.4 is 10.0 Å². The lowest BCUT2D eigenvalue weighted by Crippen LogP contribution is -2.47. The van der Waals surface area contributed by atoms with Crippen LogP contribution in [0.25, 0.3) is 11.0 Å². The molecule has 2 N–H and O–H groups in total. The van der Waals surface area contributed by atoms with Crippen molar-refractivity contribution in [2.75, 3.05) is 25.0 Å². The molecule has 1 aliphatic rings. The first kappa shape index (κ1) is 17.8. The highest BCUT2D eigenvalue weighted by molar-refractivity contribution is 7.92. The molecule has 0 unspecified atom stereocenters. The van der Waals surface area contributed by atoms with E-state index in [-0.39, 0.29) is 18.5 Å². The molecule has 25 heavy (non-hydrogen) atoms. The number of nitrogens with zero attached hydrogens (tertiary/aromatic N) is 3. The number of aromatic nitrogens is 2. The highest BCUT2D eigenvalue weighted by Crippen LogP contribution is 2.21. The molecule has 10 heteroatoms. The Morgan fingerprint density at radius 1 is 1.36 bits per heavy atom. The summed E-state index contributed by atoms with van der Waals surface area (Å²) >= 11 is 1.14. The van der Waals surface area contributed by atoms with Crippen LogP contribution in [0.3, 0.4) is 0 Å². The fourth-order valence-corrected chi connectivity index (χ4v) is 4.10. The molecule has 1 aromatic carbocycles. The van der Waals surface area contributed by atoms with E-state index in [1.165, 1.54) is 0 Å². The Labute approximate surface area is 150 Å². The lowest BCUT2D eigenvalue weighted by atomic mass is 10.1. The average molecular weight is 381 g/mol. The first-order valence-corrected chi connectivity index (χ1v) is 10.1. The van der Waals surface area contributed by atoms with Gasteiger partial charge in [0.1, 0.15) is 11.0 Å². The Hall–Kier alpha value is -2.04. The third kappa shape index (κ3) is 4.33. The standard InChI is InChI=1S/C15H19N5O3S2/c1-2-25(22,23)19-11-6-8-20(9-7-11)14(21)10-16-12-4-3-5-13-15(12)18-24-17-13/h2-5,11,16,19H,1,6-10H2. The van der Waals surface area contributed by atoms with Crippen LogP contribution in [0, 0.1) is 0 Å². The van der Waals surface area contributed by atoms with E-state index in [2.05, 4.69) is 25.4 Å². The van der Waals surface area contributed by atoms with E-state index < -0.39 is 10.0 Å². The minimum absolute atomic E-state index is 0.0229. The van der Waals surface area contributed by atoms with Gasteiger partial charge in [0.15, 0.2) is 0 Å². The van der Waals surface area contributed by atoms with Crippen molar-refractivity contribution in [2.24, 2.45) is 0 Å². The smallest absolute Gasteiger partial charge is 0.241 e. The van der Waals surface area contributed by atoms with Crippen molar-refractivity contribution in [3.8, 4) is 0 Å². The number of carbonyl (C=O) groups is 1. The molecule has 3 rings (SSSR count). The number of hydrogen-bond acceptors (Lipinski definition) is 7. The Bertz CT molecular complexity index is 872. The zero-order valence-corrected chi connectivity index (χ0v) is 15.1. The van der Waals surface area contributed by atoms with Crippen molar-refractivity contribution in [2.45, 2.75) is 18.9 Å². The van der Waals surface area contributed by atoms with Crippen LogP contribution in [0.15, 0.2) is 30.2 Å². The molecule has 134 valence electrons. The van der Waals surface area contributed by atoms with Crippen molar-refractivity contribution in [1.29, 1.82) is 0 Å². The summed E-state index contributed by atoms with van der Waals surface area (Å²) in [5, 5.41) is 4.02. The fourth-order valence-electron chi connectivity index (χ4n) is 2.76. The van der Waals surface area contributed by atoms with Gasteiger partial charge in [0.25, 0.3) is 0 Å². The van der Waals surface area contributed by atoms with Gasteiger partial charge in [-0.1, -0.05) is 12.6 Å². The molecule has 0 spiro atoms. The van der Waals surface area contributed by atoms with Gasteiger partial charge in [0.2, 0.25) is 15.9 Å². The average Bonchev–Trinajstić information content (AvgIpc) is 3.09. The van der Waals surface area contributed by atoms with E-state index in [4.69, 9.17) is 0 Å². The summed E-state index contributed by atoms with van der Waals surface area (Å²) in [7, 11) is -3.43. The molecule has 1 saturated heterocycles. The maximum Gasteiger partial charge on any atom is 0.241 e. The third-order valence-corrected chi connectivity index (χ3v) is 5.76. The van der Waals surface area contributed by atoms with Gasteiger partial charge in [-0.15, -0.1) is 0 Å². The van der Waals surface area contributed by atoms with Gasteiger partial charge in [0.05, 0.1) is 24.0 Å². The fraction of sp³-hybridized carbons (Fsp3) is 0.400. The molecule has 0 radical (unpaired) electrons. The van der Waals surface area contributed by atoms with Crippen molar-refractivity contribution in [1.82, 2.24) is 18.4 Å². The third-order valence-electron chi connectivity index (χ3n) is 4.11. The van der Waals surface area contributed by atoms with E-state index in [0.717, 1.165) is 33.9 Å². The van der Waals surface area contributed by atoms with Gasteiger partial charge >= 0.3 is 0 Å². The number of benzene rings is 1. The largest absolute Gasteiger partial charge is 0.374 e. The maximum absolute atomic E-state index is 12.4. The quantitative estimate of drug-likeness (QED) is 0.778. The van der Waals surface area contributed by atoms with E-state index in [1.54, 1.807) is 4.90 Å². The lowest BCUT2D eigenvalue weighted by molar-refractivity contribution is -0.130. The van der Waals surface area contributed by atoms with Gasteiger partial charge in [-0.25, -0.2) is 13.1 Å². The molecule has 8 nitrogen and oxygen atoms in total. The van der Waals surface area contributed by atoms with Crippen LogP contribution >= 0.6 is 11.7 Å². The first-order valence-electron chi connectivity index (χ1n) is 7.86. The van der Waals surface area contributed by atoms with Gasteiger partial charge in [-0.2, -0.15) is 8.75 Å². The molecule has 2 aromatic rings. The monoisotopic (exact) mass is 381 g/mol. The molecule has 1 aliphatic heterocycles. The zero-order valence-electron chi connectivity index (χ0n) is 13.5. The number of anilines is 1. The van der Waals surface area contributed by atoms with Crippen LogP contribution in [0.5, 0.6) is 0 Å². The number of likely N-dealkylation sites (tertiary alicyclic amines) is 1. The van der Waals surface area contributed by atoms with Crippen LogP contribution in [-0.2, 0) is 14.8 Å². The molecule has 0 atom stereocenters. The second kappa shape index (κ2) is 7.46. The molecule has 0 saturated carbocycles. The molecule has 0 bridgehead atoms. The molecule has 1 amide bonds. The number of rotatable bonds is 6. The Balaban J connectivity index is 1.51. The first-order chi connectivity index (χ1) is 12.0. The van der Waals surface area contributed by atoms with Crippen LogP contribution in [-0.4, -0.2) is 53.6 Å². The van der Waals surface area contributed by atoms with E-state index in [0.29, 0.717) is 25.9 Å². The second-order valence-electron chi connectivity index (χ2n) is 5.78. The number of amides is 1. The van der Waals surface area contributed by atoms with Gasteiger partial charge < -0.3 is 10.2 Å². The Morgan fingerprint density at radius 2 is 2.12 bits per heavy atom. The summed E-state index contributed by atoms with van der Waals surface area (Å²) < 4.78 is 34.0. The van der Waals surface area contributed by atoms with E-state index in [1.807, 2.05) is 18.2 Å². The molecule has 1 aromatic heterocycles.